The van der Waals surface area contributed by atoms with Gasteiger partial charge in [0.25, 0.3) is 0 Å². The molecule has 0 aromatic heterocycles. The number of nitrogens with one attached hydrogen (secondary N) is 1. The van der Waals surface area contributed by atoms with Gasteiger partial charge in [0.1, 0.15) is 0 Å². The minimum absolute atomic E-state index is 0.328. The molecule has 16 heavy (non-hydrogen) atoms. The third-order valence-electron chi connectivity index (χ3n) is 3.79. The van der Waals surface area contributed by atoms with Crippen molar-refractivity contribution in [2.45, 2.75) is 52.0 Å². The van der Waals surface area contributed by atoms with Crippen molar-refractivity contribution < 1.29 is 0 Å². The summed E-state index contributed by atoms with van der Waals surface area (Å²) in [5.41, 5.74) is 4.86. The zero-order valence-corrected chi connectivity index (χ0v) is 10.9. The highest BCUT2D eigenvalue weighted by molar-refractivity contribution is 5.43. The highest BCUT2D eigenvalue weighted by Crippen LogP contribution is 2.44. The molecule has 0 heterocycles. The van der Waals surface area contributed by atoms with Crippen LogP contribution in [0.3, 0.4) is 0 Å². The summed E-state index contributed by atoms with van der Waals surface area (Å²) >= 11 is 0. The van der Waals surface area contributed by atoms with Crippen LogP contribution in [0.4, 0.5) is 0 Å². The first-order valence-corrected chi connectivity index (χ1v) is 6.45. The molecule has 1 aliphatic rings. The average Bonchev–Trinajstić information content (AvgIpc) is 2.51. The first-order valence-electron chi connectivity index (χ1n) is 6.45. The second-order valence-electron chi connectivity index (χ2n) is 5.47. The lowest BCUT2D eigenvalue weighted by Crippen LogP contribution is -2.20. The largest absolute Gasteiger partial charge is 0.310 e. The Labute approximate surface area is 99.3 Å². The Hall–Kier alpha value is -0.820. The van der Waals surface area contributed by atoms with E-state index in [9.17, 15) is 0 Å². The van der Waals surface area contributed by atoms with Crippen molar-refractivity contribution in [2.24, 2.45) is 0 Å². The number of rotatable bonds is 3. The molecule has 1 unspecified atom stereocenters. The summed E-state index contributed by atoms with van der Waals surface area (Å²) in [6, 6.07) is 7.58. The molecular weight excluding hydrogens is 194 g/mol. The molecule has 0 saturated heterocycles. The second-order valence-corrected chi connectivity index (χ2v) is 5.47. The van der Waals surface area contributed by atoms with Crippen molar-refractivity contribution >= 4 is 0 Å². The molecular formula is C15H23N. The normalized spacial score (nSPS) is 22.1. The Morgan fingerprint density at radius 2 is 2.06 bits per heavy atom. The van der Waals surface area contributed by atoms with E-state index in [0.29, 0.717) is 11.5 Å². The molecule has 0 radical (unpaired) electrons. The van der Waals surface area contributed by atoms with Crippen molar-refractivity contribution in [2.75, 3.05) is 6.54 Å². The molecule has 1 N–H and O–H groups in total. The van der Waals surface area contributed by atoms with Gasteiger partial charge in [-0.05, 0) is 41.5 Å². The van der Waals surface area contributed by atoms with E-state index in [2.05, 4.69) is 51.2 Å². The number of aryl methyl sites for hydroxylation is 1. The van der Waals surface area contributed by atoms with Gasteiger partial charge in [0.15, 0.2) is 0 Å². The van der Waals surface area contributed by atoms with Gasteiger partial charge in [0.2, 0.25) is 0 Å². The quantitative estimate of drug-likeness (QED) is 0.816. The van der Waals surface area contributed by atoms with Crippen LogP contribution in [0.15, 0.2) is 18.2 Å². The van der Waals surface area contributed by atoms with Crippen molar-refractivity contribution in [1.29, 1.82) is 0 Å². The average molecular weight is 217 g/mol. The SMILES string of the molecule is CCNC1CC(C)(C)c2ccc(CC)cc21. The van der Waals surface area contributed by atoms with E-state index in [-0.39, 0.29) is 0 Å². The minimum atomic E-state index is 0.328. The molecule has 0 saturated carbocycles. The number of fused-ring (bicyclic) bond motifs is 1. The monoisotopic (exact) mass is 217 g/mol. The molecule has 0 fully saturated rings. The van der Waals surface area contributed by atoms with Crippen LogP contribution in [0.1, 0.15) is 56.8 Å². The van der Waals surface area contributed by atoms with Crippen LogP contribution in [-0.4, -0.2) is 6.54 Å². The van der Waals surface area contributed by atoms with Gasteiger partial charge in [0, 0.05) is 6.04 Å². The molecule has 1 nitrogen and oxygen atoms in total. The highest BCUT2D eigenvalue weighted by Gasteiger charge is 2.36. The molecule has 0 bridgehead atoms. The van der Waals surface area contributed by atoms with Crippen LogP contribution in [0.25, 0.3) is 0 Å². The Kier molecular flexibility index (Phi) is 3.07. The fourth-order valence-electron chi connectivity index (χ4n) is 2.90. The summed E-state index contributed by atoms with van der Waals surface area (Å²) in [6.07, 6.45) is 2.36. The maximum absolute atomic E-state index is 3.61. The van der Waals surface area contributed by atoms with E-state index in [1.165, 1.54) is 23.1 Å². The third kappa shape index (κ3) is 1.89. The zero-order chi connectivity index (χ0) is 11.8. The molecule has 1 atom stereocenters. The minimum Gasteiger partial charge on any atom is -0.310 e. The molecule has 2 rings (SSSR count). The van der Waals surface area contributed by atoms with E-state index in [1.807, 2.05) is 0 Å². The fourth-order valence-corrected chi connectivity index (χ4v) is 2.90. The zero-order valence-electron chi connectivity index (χ0n) is 10.9. The maximum Gasteiger partial charge on any atom is 0.0331 e. The van der Waals surface area contributed by atoms with E-state index in [0.717, 1.165) is 13.0 Å². The summed E-state index contributed by atoms with van der Waals surface area (Å²) in [5, 5.41) is 3.61. The Morgan fingerprint density at radius 3 is 2.69 bits per heavy atom. The molecule has 0 aliphatic heterocycles. The molecule has 0 spiro atoms. The van der Waals surface area contributed by atoms with Crippen molar-refractivity contribution in [3.05, 3.63) is 34.9 Å². The Morgan fingerprint density at radius 1 is 1.31 bits per heavy atom. The van der Waals surface area contributed by atoms with Crippen molar-refractivity contribution in [1.82, 2.24) is 5.32 Å². The van der Waals surface area contributed by atoms with Crippen LogP contribution in [0.2, 0.25) is 0 Å². The predicted octanol–water partition coefficient (Wildman–Crippen LogP) is 3.58. The molecule has 1 aromatic rings. The summed E-state index contributed by atoms with van der Waals surface area (Å²) in [6.45, 7) is 10.2. The van der Waals surface area contributed by atoms with E-state index >= 15 is 0 Å². The predicted molar refractivity (Wildman–Crippen MR) is 69.9 cm³/mol. The summed E-state index contributed by atoms with van der Waals surface area (Å²) < 4.78 is 0. The van der Waals surface area contributed by atoms with Gasteiger partial charge in [0.05, 0.1) is 0 Å². The lowest BCUT2D eigenvalue weighted by atomic mass is 9.86. The van der Waals surface area contributed by atoms with Crippen LogP contribution < -0.4 is 5.32 Å². The number of hydrogen-bond acceptors (Lipinski definition) is 1. The van der Waals surface area contributed by atoms with Crippen molar-refractivity contribution in [3.8, 4) is 0 Å². The summed E-state index contributed by atoms with van der Waals surface area (Å²) in [5.74, 6) is 0. The van der Waals surface area contributed by atoms with Crippen LogP contribution in [-0.2, 0) is 11.8 Å². The molecule has 1 aromatic carbocycles. The lowest BCUT2D eigenvalue weighted by molar-refractivity contribution is 0.434. The number of benzene rings is 1. The molecule has 1 heteroatoms. The van der Waals surface area contributed by atoms with Crippen LogP contribution in [0.5, 0.6) is 0 Å². The van der Waals surface area contributed by atoms with Gasteiger partial charge in [-0.3, -0.25) is 0 Å². The van der Waals surface area contributed by atoms with Gasteiger partial charge in [-0.25, -0.2) is 0 Å². The van der Waals surface area contributed by atoms with Gasteiger partial charge >= 0.3 is 0 Å². The molecule has 1 aliphatic carbocycles. The van der Waals surface area contributed by atoms with E-state index in [4.69, 9.17) is 0 Å². The van der Waals surface area contributed by atoms with E-state index in [1.54, 1.807) is 0 Å². The summed E-state index contributed by atoms with van der Waals surface area (Å²) in [7, 11) is 0. The van der Waals surface area contributed by atoms with Gasteiger partial charge in [-0.1, -0.05) is 45.9 Å². The second kappa shape index (κ2) is 4.21. The molecule has 88 valence electrons. The fraction of sp³-hybridized carbons (Fsp3) is 0.600. The number of hydrogen-bond donors (Lipinski definition) is 1. The Balaban J connectivity index is 2.42. The van der Waals surface area contributed by atoms with Gasteiger partial charge < -0.3 is 5.32 Å². The molecule has 0 amide bonds. The first kappa shape index (κ1) is 11.7. The summed E-state index contributed by atoms with van der Waals surface area (Å²) in [4.78, 5) is 0. The topological polar surface area (TPSA) is 12.0 Å². The van der Waals surface area contributed by atoms with Gasteiger partial charge in [-0.2, -0.15) is 0 Å². The highest BCUT2D eigenvalue weighted by atomic mass is 14.9. The van der Waals surface area contributed by atoms with Crippen LogP contribution >= 0.6 is 0 Å². The standard InChI is InChI=1S/C15H23N/c1-5-11-7-8-13-12(9-11)14(16-6-2)10-15(13,3)4/h7-9,14,16H,5-6,10H2,1-4H3. The third-order valence-corrected chi connectivity index (χ3v) is 3.79. The van der Waals surface area contributed by atoms with Gasteiger partial charge in [-0.15, -0.1) is 0 Å². The first-order chi connectivity index (χ1) is 7.58. The van der Waals surface area contributed by atoms with Crippen molar-refractivity contribution in [3.63, 3.8) is 0 Å². The van der Waals surface area contributed by atoms with E-state index < -0.39 is 0 Å². The van der Waals surface area contributed by atoms with Crippen LogP contribution in [0, 0.1) is 0 Å². The Bertz CT molecular complexity index is 379. The maximum atomic E-state index is 3.61. The smallest absolute Gasteiger partial charge is 0.0331 e. The lowest BCUT2D eigenvalue weighted by Gasteiger charge is -2.19.